The van der Waals surface area contributed by atoms with Gasteiger partial charge in [0.05, 0.1) is 23.2 Å². The highest BCUT2D eigenvalue weighted by atomic mass is 32.2. The number of amides is 1. The van der Waals surface area contributed by atoms with Crippen molar-refractivity contribution in [1.82, 2.24) is 4.98 Å². The van der Waals surface area contributed by atoms with Crippen LogP contribution in [0.2, 0.25) is 0 Å². The van der Waals surface area contributed by atoms with Crippen LogP contribution in [0.4, 0.5) is 5.69 Å². The number of rotatable bonds is 3. The normalized spacial score (nSPS) is 21.1. The average molecular weight is 298 g/mol. The summed E-state index contributed by atoms with van der Waals surface area (Å²) in [7, 11) is -3.46. The summed E-state index contributed by atoms with van der Waals surface area (Å²) in [5.41, 5.74) is -0.118. The summed E-state index contributed by atoms with van der Waals surface area (Å²) in [6, 6.07) is 1.24. The second-order valence-electron chi connectivity index (χ2n) is 4.57. The van der Waals surface area contributed by atoms with Gasteiger partial charge < -0.3 is 10.4 Å². The zero-order valence-electron chi connectivity index (χ0n) is 10.6. The lowest BCUT2D eigenvalue weighted by Crippen LogP contribution is -2.39. The molecule has 1 atom stereocenters. The Balaban J connectivity index is 2.22. The van der Waals surface area contributed by atoms with Gasteiger partial charge in [-0.05, 0) is 18.9 Å². The maximum absolute atomic E-state index is 12.0. The number of carbonyl (C=O) groups is 2. The summed E-state index contributed by atoms with van der Waals surface area (Å²) < 4.78 is 23.7. The van der Waals surface area contributed by atoms with Crippen molar-refractivity contribution in [2.45, 2.75) is 24.5 Å². The second-order valence-corrected chi connectivity index (χ2v) is 6.87. The number of aromatic carboxylic acids is 1. The first-order chi connectivity index (χ1) is 9.42. The third kappa shape index (κ3) is 2.96. The molecule has 1 amide bonds. The van der Waals surface area contributed by atoms with Crippen LogP contribution in [-0.4, -0.2) is 41.4 Å². The van der Waals surface area contributed by atoms with Crippen molar-refractivity contribution in [1.29, 1.82) is 0 Å². The molecule has 0 aliphatic carbocycles. The van der Waals surface area contributed by atoms with Crippen molar-refractivity contribution < 1.29 is 23.1 Å². The van der Waals surface area contributed by atoms with E-state index in [1.54, 1.807) is 0 Å². The van der Waals surface area contributed by atoms with Crippen LogP contribution in [0, 0.1) is 0 Å². The number of carbonyl (C=O) groups excluding carboxylic acids is 1. The van der Waals surface area contributed by atoms with Crippen molar-refractivity contribution in [3.8, 4) is 0 Å². The van der Waals surface area contributed by atoms with Crippen LogP contribution in [0.1, 0.15) is 29.6 Å². The molecule has 1 aromatic heterocycles. The fourth-order valence-corrected chi connectivity index (χ4v) is 3.94. The van der Waals surface area contributed by atoms with Crippen molar-refractivity contribution in [2.75, 3.05) is 11.1 Å². The molecule has 1 fully saturated rings. The Labute approximate surface area is 115 Å². The molecule has 0 bridgehead atoms. The number of anilines is 1. The number of aromatic nitrogens is 1. The molecule has 7 nitrogen and oxygen atoms in total. The van der Waals surface area contributed by atoms with E-state index >= 15 is 0 Å². The maximum atomic E-state index is 12.0. The minimum absolute atomic E-state index is 0.00535. The molecular formula is C12H14N2O5S. The number of carboxylic acids is 1. The van der Waals surface area contributed by atoms with Gasteiger partial charge in [0, 0.05) is 6.20 Å². The molecule has 1 saturated heterocycles. The number of carboxylic acid groups (broad SMARTS) is 1. The van der Waals surface area contributed by atoms with Crippen LogP contribution in [-0.2, 0) is 14.6 Å². The highest BCUT2D eigenvalue weighted by molar-refractivity contribution is 7.92. The molecular weight excluding hydrogens is 284 g/mol. The van der Waals surface area contributed by atoms with Crippen LogP contribution in [0.15, 0.2) is 18.5 Å². The minimum atomic E-state index is -3.46. The van der Waals surface area contributed by atoms with E-state index in [0.29, 0.717) is 12.8 Å². The highest BCUT2D eigenvalue weighted by Gasteiger charge is 2.35. The van der Waals surface area contributed by atoms with Gasteiger partial charge in [0.2, 0.25) is 5.91 Å². The van der Waals surface area contributed by atoms with Gasteiger partial charge in [-0.25, -0.2) is 13.2 Å². The third-order valence-corrected chi connectivity index (χ3v) is 5.35. The Kier molecular flexibility index (Phi) is 4.03. The molecule has 2 rings (SSSR count). The largest absolute Gasteiger partial charge is 0.478 e. The summed E-state index contributed by atoms with van der Waals surface area (Å²) in [4.78, 5) is 26.8. The molecule has 0 spiro atoms. The SMILES string of the molecule is O=C(O)c1ccncc1NC(=O)C1CCCCS1(=O)=O. The van der Waals surface area contributed by atoms with E-state index in [1.165, 1.54) is 18.5 Å². The van der Waals surface area contributed by atoms with Gasteiger partial charge in [-0.15, -0.1) is 0 Å². The Morgan fingerprint density at radius 3 is 2.75 bits per heavy atom. The number of nitrogens with one attached hydrogen (secondary N) is 1. The van der Waals surface area contributed by atoms with Crippen LogP contribution < -0.4 is 5.32 Å². The zero-order valence-corrected chi connectivity index (χ0v) is 11.4. The van der Waals surface area contributed by atoms with Gasteiger partial charge >= 0.3 is 5.97 Å². The first-order valence-electron chi connectivity index (χ1n) is 6.11. The lowest BCUT2D eigenvalue weighted by Gasteiger charge is -2.21. The predicted molar refractivity (Wildman–Crippen MR) is 71.3 cm³/mol. The lowest BCUT2D eigenvalue weighted by molar-refractivity contribution is -0.116. The Morgan fingerprint density at radius 2 is 2.10 bits per heavy atom. The molecule has 1 aromatic rings. The van der Waals surface area contributed by atoms with E-state index in [0.717, 1.165) is 0 Å². The average Bonchev–Trinajstić information content (AvgIpc) is 2.38. The van der Waals surface area contributed by atoms with E-state index in [9.17, 15) is 18.0 Å². The van der Waals surface area contributed by atoms with Crippen LogP contribution in [0.5, 0.6) is 0 Å². The Bertz CT molecular complexity index is 641. The number of hydrogen-bond donors (Lipinski definition) is 2. The molecule has 8 heteroatoms. The first kappa shape index (κ1) is 14.4. The molecule has 0 saturated carbocycles. The van der Waals surface area contributed by atoms with Crippen LogP contribution in [0.3, 0.4) is 0 Å². The second kappa shape index (κ2) is 5.58. The number of pyridine rings is 1. The molecule has 1 aliphatic heterocycles. The van der Waals surface area contributed by atoms with Crippen LogP contribution in [0.25, 0.3) is 0 Å². The van der Waals surface area contributed by atoms with Crippen molar-refractivity contribution >= 4 is 27.4 Å². The summed E-state index contributed by atoms with van der Waals surface area (Å²) in [5, 5.41) is 10.2. The molecule has 2 N–H and O–H groups in total. The zero-order chi connectivity index (χ0) is 14.8. The number of nitrogens with zero attached hydrogens (tertiary/aromatic N) is 1. The van der Waals surface area contributed by atoms with Gasteiger partial charge in [-0.2, -0.15) is 0 Å². The number of hydrogen-bond acceptors (Lipinski definition) is 5. The smallest absolute Gasteiger partial charge is 0.337 e. The Hall–Kier alpha value is -1.96. The molecule has 1 unspecified atom stereocenters. The lowest BCUT2D eigenvalue weighted by atomic mass is 10.1. The van der Waals surface area contributed by atoms with E-state index in [-0.39, 0.29) is 23.4 Å². The quantitative estimate of drug-likeness (QED) is 0.848. The first-order valence-corrected chi connectivity index (χ1v) is 7.83. The third-order valence-electron chi connectivity index (χ3n) is 3.18. The van der Waals surface area contributed by atoms with E-state index in [2.05, 4.69) is 10.3 Å². The monoisotopic (exact) mass is 298 g/mol. The summed E-state index contributed by atoms with van der Waals surface area (Å²) in [5.74, 6) is -1.92. The van der Waals surface area contributed by atoms with E-state index in [1.807, 2.05) is 0 Å². The molecule has 0 radical (unpaired) electrons. The van der Waals surface area contributed by atoms with Gasteiger partial charge in [0.15, 0.2) is 9.84 Å². The van der Waals surface area contributed by atoms with Crippen molar-refractivity contribution in [2.24, 2.45) is 0 Å². The minimum Gasteiger partial charge on any atom is -0.478 e. The highest BCUT2D eigenvalue weighted by Crippen LogP contribution is 2.22. The molecule has 1 aliphatic rings. The summed E-state index contributed by atoms with van der Waals surface area (Å²) in [6.07, 6.45) is 3.96. The van der Waals surface area contributed by atoms with E-state index < -0.39 is 27.0 Å². The maximum Gasteiger partial charge on any atom is 0.337 e. The van der Waals surface area contributed by atoms with Gasteiger partial charge in [0.25, 0.3) is 0 Å². The van der Waals surface area contributed by atoms with Crippen molar-refractivity contribution in [3.05, 3.63) is 24.0 Å². The van der Waals surface area contributed by atoms with Crippen LogP contribution >= 0.6 is 0 Å². The van der Waals surface area contributed by atoms with Gasteiger partial charge in [-0.3, -0.25) is 9.78 Å². The molecule has 20 heavy (non-hydrogen) atoms. The molecule has 0 aromatic carbocycles. The predicted octanol–water partition coefficient (Wildman–Crippen LogP) is 0.686. The summed E-state index contributed by atoms with van der Waals surface area (Å²) in [6.45, 7) is 0. The summed E-state index contributed by atoms with van der Waals surface area (Å²) >= 11 is 0. The molecule has 2 heterocycles. The molecule has 108 valence electrons. The van der Waals surface area contributed by atoms with Crippen molar-refractivity contribution in [3.63, 3.8) is 0 Å². The number of sulfone groups is 1. The standard InChI is InChI=1S/C12H14N2O5S/c15-11(10-3-1-2-6-20(10,18)19)14-9-7-13-5-4-8(9)12(16)17/h4-5,7,10H,1-3,6H2,(H,14,15)(H,16,17). The van der Waals surface area contributed by atoms with Gasteiger partial charge in [0.1, 0.15) is 5.25 Å². The van der Waals surface area contributed by atoms with Gasteiger partial charge in [-0.1, -0.05) is 6.42 Å². The Morgan fingerprint density at radius 1 is 1.35 bits per heavy atom. The fourth-order valence-electron chi connectivity index (χ4n) is 2.14. The fraction of sp³-hybridized carbons (Fsp3) is 0.417. The van der Waals surface area contributed by atoms with E-state index in [4.69, 9.17) is 5.11 Å². The topological polar surface area (TPSA) is 113 Å².